The van der Waals surface area contributed by atoms with Gasteiger partial charge in [0, 0.05) is 62.0 Å². The van der Waals surface area contributed by atoms with Crippen molar-refractivity contribution in [3.05, 3.63) is 59.2 Å². The number of hydrogen-bond donors (Lipinski definition) is 7. The van der Waals surface area contributed by atoms with Crippen LogP contribution in [0.1, 0.15) is 79.7 Å². The van der Waals surface area contributed by atoms with E-state index in [1.54, 1.807) is 26.0 Å². The van der Waals surface area contributed by atoms with Gasteiger partial charge in [0.2, 0.25) is 23.6 Å². The van der Waals surface area contributed by atoms with Gasteiger partial charge >= 0.3 is 5.97 Å². The van der Waals surface area contributed by atoms with Crippen LogP contribution in [0.15, 0.2) is 36.4 Å². The van der Waals surface area contributed by atoms with Gasteiger partial charge in [-0.15, -0.1) is 0 Å². The van der Waals surface area contributed by atoms with Crippen LogP contribution in [0.25, 0.3) is 33.2 Å². The highest BCUT2D eigenvalue weighted by Crippen LogP contribution is 2.40. The predicted octanol–water partition coefficient (Wildman–Crippen LogP) is 3.18. The second-order valence-corrected chi connectivity index (χ2v) is 16.1. The van der Waals surface area contributed by atoms with Crippen LogP contribution in [0, 0.1) is 11.6 Å². The van der Waals surface area contributed by atoms with Gasteiger partial charge in [0.05, 0.1) is 36.1 Å². The lowest BCUT2D eigenvalue weighted by molar-refractivity contribution is -0.146. The van der Waals surface area contributed by atoms with Crippen molar-refractivity contribution < 1.29 is 50.8 Å². The molecule has 0 spiro atoms. The summed E-state index contributed by atoms with van der Waals surface area (Å²) >= 11 is 0. The average molecular weight is 855 g/mol. The third-order valence-corrected chi connectivity index (χ3v) is 11.8. The fourth-order valence-corrected chi connectivity index (χ4v) is 8.59. The maximum atomic E-state index is 15.0. The van der Waals surface area contributed by atoms with Crippen molar-refractivity contribution in [3.63, 3.8) is 0 Å². The number of nitrogens with zero attached hydrogens (tertiary/aromatic N) is 2. The number of H-pyrrole nitrogens is 2. The number of rotatable bonds is 16. The number of nitrogens with one attached hydrogen (secondary N) is 6. The van der Waals surface area contributed by atoms with Gasteiger partial charge < -0.3 is 50.9 Å². The normalized spacial score (nSPS) is 23.0. The van der Waals surface area contributed by atoms with E-state index in [0.29, 0.717) is 44.3 Å². The summed E-state index contributed by atoms with van der Waals surface area (Å²) in [4.78, 5) is 76.7. The van der Waals surface area contributed by atoms with Crippen LogP contribution in [-0.2, 0) is 41.6 Å². The summed E-state index contributed by atoms with van der Waals surface area (Å²) in [6.45, 7) is 2.03. The molecule has 0 unspecified atom stereocenters. The fraction of sp³-hybridized carbons (Fsp3) is 0.523. The standard InChI is InChI=1S/C44H58F2N8O7/c1-8-35(51-41(57)22(3)47-6)43(59)53-20-29(56)16-27(53)18-33-31-12-10-25(45)14-37(31)49-39(33)40-34(32-13-11-26(46)15-38(32)50-40)19-28-17-30(61-24(5)55)21-54(28)44(60)36(9-2)52-42(58)23(4)48-7/h10-15,22-23,27-30,35-36,47-50,56H,8-9,16-21H2,1-7H3,(H,51,57)(H,52,58)/t22-,23-,27-,28-,29-,30-,35-,36-/m0/s1/i6D3,7D3. The number of amides is 4. The zero-order chi connectivity index (χ0) is 49.3. The Hall–Kier alpha value is -5.39. The molecular formula is C44H58F2N8O7. The van der Waals surface area contributed by atoms with Gasteiger partial charge in [0.15, 0.2) is 0 Å². The Morgan fingerprint density at radius 1 is 0.787 bits per heavy atom. The van der Waals surface area contributed by atoms with Gasteiger partial charge in [-0.1, -0.05) is 13.8 Å². The first-order chi connectivity index (χ1) is 31.4. The topological polar surface area (TPSA) is 201 Å². The molecule has 330 valence electrons. The lowest BCUT2D eigenvalue weighted by Gasteiger charge is -2.30. The number of carbonyl (C=O) groups is 5. The molecule has 4 aromatic rings. The Morgan fingerprint density at radius 3 is 1.69 bits per heavy atom. The highest BCUT2D eigenvalue weighted by Gasteiger charge is 2.42. The molecule has 0 aliphatic carbocycles. The molecular weight excluding hydrogens is 791 g/mol. The van der Waals surface area contributed by atoms with Crippen molar-refractivity contribution in [3.8, 4) is 11.4 Å². The predicted molar refractivity (Wildman–Crippen MR) is 226 cm³/mol. The first-order valence-electron chi connectivity index (χ1n) is 23.6. The lowest BCUT2D eigenvalue weighted by Crippen LogP contribution is -2.53. The summed E-state index contributed by atoms with van der Waals surface area (Å²) in [6.07, 6.45) is -0.834. The first-order valence-corrected chi connectivity index (χ1v) is 20.6. The van der Waals surface area contributed by atoms with Gasteiger partial charge in [-0.05, 0) is 107 Å². The molecule has 17 heteroatoms. The van der Waals surface area contributed by atoms with Gasteiger partial charge in [-0.2, -0.15) is 0 Å². The van der Waals surface area contributed by atoms with Crippen LogP contribution in [0.5, 0.6) is 0 Å². The molecule has 2 aliphatic rings. The van der Waals surface area contributed by atoms with E-state index in [2.05, 4.69) is 31.2 Å². The van der Waals surface area contributed by atoms with Crippen LogP contribution in [0.2, 0.25) is 0 Å². The third-order valence-electron chi connectivity index (χ3n) is 11.8. The molecule has 2 fully saturated rings. The number of halogens is 2. The number of benzene rings is 2. The van der Waals surface area contributed by atoms with Crippen molar-refractivity contribution in [2.45, 2.75) is 122 Å². The summed E-state index contributed by atoms with van der Waals surface area (Å²) in [7, 11) is 0. The molecule has 61 heavy (non-hydrogen) atoms. The van der Waals surface area contributed by atoms with E-state index >= 15 is 0 Å². The van der Waals surface area contributed by atoms with E-state index in [9.17, 15) is 37.9 Å². The van der Waals surface area contributed by atoms with Gasteiger partial charge in [-0.25, -0.2) is 8.78 Å². The Bertz CT molecular complexity index is 2500. The number of aliphatic hydroxyl groups is 1. The molecule has 4 heterocycles. The lowest BCUT2D eigenvalue weighted by atomic mass is 9.94. The molecule has 0 bridgehead atoms. The van der Waals surface area contributed by atoms with Gasteiger partial charge in [0.25, 0.3) is 0 Å². The molecule has 0 saturated carbocycles. The summed E-state index contributed by atoms with van der Waals surface area (Å²) in [5.41, 5.74) is 2.90. The SMILES string of the molecule is [2H]C([2H])([2H])N[C@@H](C)C(=O)N[C@@H](CC)C(=O)N1C[C@@H](O)C[C@H]1Cc1c(-c2[nH]c3cc(F)ccc3c2C[C@@H]2C[C@H](OC(C)=O)CN2C(=O)[C@H](CC)NC(=O)[C@H](C)NC([2H])([2H])[2H])[nH]c2cc(F)ccc12. The van der Waals surface area contributed by atoms with Crippen LogP contribution >= 0.6 is 0 Å². The van der Waals surface area contributed by atoms with Crippen LogP contribution in [-0.4, -0.2) is 130 Å². The van der Waals surface area contributed by atoms with E-state index in [4.69, 9.17) is 13.0 Å². The number of aromatic nitrogens is 2. The van der Waals surface area contributed by atoms with E-state index in [0.717, 1.165) is 0 Å². The minimum atomic E-state index is -2.62. The number of esters is 1. The quantitative estimate of drug-likeness (QED) is 0.0828. The molecule has 2 aliphatic heterocycles. The van der Waals surface area contributed by atoms with Crippen LogP contribution < -0.4 is 21.3 Å². The van der Waals surface area contributed by atoms with E-state index in [-0.39, 0.29) is 51.6 Å². The van der Waals surface area contributed by atoms with Crippen molar-refractivity contribution in [2.24, 2.45) is 0 Å². The van der Waals surface area contributed by atoms with Crippen molar-refractivity contribution in [1.82, 2.24) is 41.0 Å². The van der Waals surface area contributed by atoms with Crippen molar-refractivity contribution in [1.29, 1.82) is 0 Å². The number of likely N-dealkylation sites (tertiary alicyclic amines) is 2. The summed E-state index contributed by atoms with van der Waals surface area (Å²) in [6, 6.07) is 2.59. The smallest absolute Gasteiger partial charge is 0.302 e. The highest BCUT2D eigenvalue weighted by atomic mass is 19.1. The number of ether oxygens (including phenoxy) is 1. The molecule has 8 atom stereocenters. The van der Waals surface area contributed by atoms with Crippen LogP contribution in [0.4, 0.5) is 8.78 Å². The zero-order valence-electron chi connectivity index (χ0n) is 40.8. The highest BCUT2D eigenvalue weighted by molar-refractivity contribution is 5.97. The fourth-order valence-electron chi connectivity index (χ4n) is 8.59. The van der Waals surface area contributed by atoms with E-state index in [1.807, 2.05) is 0 Å². The zero-order valence-corrected chi connectivity index (χ0v) is 34.8. The molecule has 7 N–H and O–H groups in total. The second-order valence-electron chi connectivity index (χ2n) is 16.1. The molecule has 2 aromatic heterocycles. The van der Waals surface area contributed by atoms with Gasteiger partial charge in [0.1, 0.15) is 29.8 Å². The number of fused-ring (bicyclic) bond motifs is 2. The summed E-state index contributed by atoms with van der Waals surface area (Å²) in [5, 5.41) is 21.9. The van der Waals surface area contributed by atoms with Crippen LogP contribution in [0.3, 0.4) is 0 Å². The number of β-amino-alcohol motifs (C(OH)–C–C–N with tert-alkyl or cyclic N) is 1. The maximum absolute atomic E-state index is 15.0. The number of aliphatic hydroxyl groups excluding tert-OH is 1. The molecule has 2 aromatic carbocycles. The average Bonchev–Trinajstić information content (AvgIpc) is 3.99. The summed E-state index contributed by atoms with van der Waals surface area (Å²) < 4.78 is 80.4. The van der Waals surface area contributed by atoms with E-state index < -0.39 is 104 Å². The first kappa shape index (κ1) is 37.4. The van der Waals surface area contributed by atoms with Crippen molar-refractivity contribution >= 4 is 51.4 Å². The Balaban J connectivity index is 1.38. The minimum Gasteiger partial charge on any atom is -0.461 e. The van der Waals surface area contributed by atoms with E-state index in [1.165, 1.54) is 54.8 Å². The monoisotopic (exact) mass is 854 g/mol. The number of carbonyl (C=O) groups excluding carboxylic acids is 5. The molecule has 15 nitrogen and oxygen atoms in total. The third kappa shape index (κ3) is 9.73. The largest absolute Gasteiger partial charge is 0.461 e. The van der Waals surface area contributed by atoms with Gasteiger partial charge in [-0.3, -0.25) is 24.0 Å². The Morgan fingerprint density at radius 2 is 1.25 bits per heavy atom. The molecule has 6 rings (SSSR count). The molecule has 2 saturated heterocycles. The summed E-state index contributed by atoms with van der Waals surface area (Å²) in [5.74, 6) is -4.07. The Kier molecular flexibility index (Phi) is 11.7. The van der Waals surface area contributed by atoms with Crippen molar-refractivity contribution in [2.75, 3.05) is 27.0 Å². The maximum Gasteiger partial charge on any atom is 0.302 e. The number of aromatic amines is 2. The molecule has 0 radical (unpaired) electrons. The minimum absolute atomic E-state index is 0.0241. The Labute approximate surface area is 362 Å². The molecule has 4 amide bonds. The second kappa shape index (κ2) is 19.1. The number of likely N-dealkylation sites (N-methyl/N-ethyl adjacent to an activating group) is 2. The number of hydrogen-bond acceptors (Lipinski definition) is 9.